The van der Waals surface area contributed by atoms with Gasteiger partial charge in [0.25, 0.3) is 0 Å². The fraction of sp³-hybridized carbons (Fsp3) is 0.222. The molecule has 0 fully saturated rings. The van der Waals surface area contributed by atoms with Crippen molar-refractivity contribution in [2.75, 3.05) is 6.54 Å². The minimum Gasteiger partial charge on any atom is -0.421 e. The van der Waals surface area contributed by atoms with Crippen molar-refractivity contribution in [3.63, 3.8) is 0 Å². The van der Waals surface area contributed by atoms with E-state index in [1.165, 1.54) is 0 Å². The van der Waals surface area contributed by atoms with Gasteiger partial charge in [0.05, 0.1) is 5.56 Å². The Balaban J connectivity index is 1.44. The maximum absolute atomic E-state index is 12.0. The molecule has 0 bridgehead atoms. The Morgan fingerprint density at radius 1 is 1.15 bits per heavy atom. The third-order valence-corrected chi connectivity index (χ3v) is 4.26. The smallest absolute Gasteiger partial charge is 0.249 e. The van der Waals surface area contributed by atoms with E-state index < -0.39 is 0 Å². The third kappa shape index (κ3) is 5.03. The van der Waals surface area contributed by atoms with Gasteiger partial charge in [0.1, 0.15) is 0 Å². The van der Waals surface area contributed by atoms with Gasteiger partial charge in [-0.15, -0.1) is 10.2 Å². The predicted octanol–water partition coefficient (Wildman–Crippen LogP) is 3.73. The number of halogens is 2. The van der Waals surface area contributed by atoms with Crippen LogP contribution < -0.4 is 5.32 Å². The fourth-order valence-electron chi connectivity index (χ4n) is 2.33. The minimum atomic E-state index is -0.0868. The zero-order valence-electron chi connectivity index (χ0n) is 13.8. The molecule has 26 heavy (non-hydrogen) atoms. The molecule has 1 aromatic carbocycles. The van der Waals surface area contributed by atoms with E-state index in [4.69, 9.17) is 27.6 Å². The van der Waals surface area contributed by atoms with Crippen LogP contribution in [0, 0.1) is 0 Å². The number of hydrogen-bond acceptors (Lipinski definition) is 5. The van der Waals surface area contributed by atoms with Crippen LogP contribution in [0.3, 0.4) is 0 Å². The van der Waals surface area contributed by atoms with Crippen LogP contribution in [0.4, 0.5) is 0 Å². The first-order valence-corrected chi connectivity index (χ1v) is 8.81. The van der Waals surface area contributed by atoms with Gasteiger partial charge in [-0.3, -0.25) is 9.78 Å². The molecule has 0 aliphatic rings. The molecule has 8 heteroatoms. The lowest BCUT2D eigenvalue weighted by Gasteiger charge is -2.06. The Kier molecular flexibility index (Phi) is 6.20. The lowest BCUT2D eigenvalue weighted by molar-refractivity contribution is -0.121. The van der Waals surface area contributed by atoms with Crippen LogP contribution in [0.15, 0.2) is 47.1 Å². The largest absolute Gasteiger partial charge is 0.421 e. The van der Waals surface area contributed by atoms with Gasteiger partial charge < -0.3 is 9.73 Å². The lowest BCUT2D eigenvalue weighted by Crippen LogP contribution is -2.26. The molecular weight excluding hydrogens is 375 g/mol. The molecule has 134 valence electrons. The van der Waals surface area contributed by atoms with Gasteiger partial charge in [-0.2, -0.15) is 0 Å². The van der Waals surface area contributed by atoms with Crippen molar-refractivity contribution in [1.29, 1.82) is 0 Å². The molecule has 2 heterocycles. The Morgan fingerprint density at radius 2 is 2.04 bits per heavy atom. The van der Waals surface area contributed by atoms with E-state index in [0.29, 0.717) is 41.2 Å². The van der Waals surface area contributed by atoms with Crippen molar-refractivity contribution in [2.24, 2.45) is 0 Å². The first-order valence-electron chi connectivity index (χ1n) is 8.05. The van der Waals surface area contributed by atoms with Crippen LogP contribution in [0.1, 0.15) is 17.9 Å². The number of aromatic nitrogens is 3. The van der Waals surface area contributed by atoms with Crippen LogP contribution in [0.2, 0.25) is 10.0 Å². The van der Waals surface area contributed by atoms with Gasteiger partial charge in [0.15, 0.2) is 0 Å². The van der Waals surface area contributed by atoms with Gasteiger partial charge in [0.2, 0.25) is 17.7 Å². The van der Waals surface area contributed by atoms with E-state index in [0.717, 1.165) is 11.1 Å². The molecule has 1 amide bonds. The van der Waals surface area contributed by atoms with E-state index in [2.05, 4.69) is 20.5 Å². The molecule has 0 saturated carbocycles. The maximum atomic E-state index is 12.0. The Morgan fingerprint density at radius 3 is 2.81 bits per heavy atom. The fourth-order valence-corrected chi connectivity index (χ4v) is 2.83. The number of nitrogens with zero attached hydrogens (tertiary/aromatic N) is 3. The highest BCUT2D eigenvalue weighted by molar-refractivity contribution is 6.35. The van der Waals surface area contributed by atoms with Crippen molar-refractivity contribution in [1.82, 2.24) is 20.5 Å². The van der Waals surface area contributed by atoms with Gasteiger partial charge >= 0.3 is 0 Å². The second-order valence-electron chi connectivity index (χ2n) is 5.58. The summed E-state index contributed by atoms with van der Waals surface area (Å²) in [6.45, 7) is 0.491. The number of amides is 1. The molecular formula is C18H16Cl2N4O2. The highest BCUT2D eigenvalue weighted by Crippen LogP contribution is 2.21. The topological polar surface area (TPSA) is 80.9 Å². The van der Waals surface area contributed by atoms with E-state index in [9.17, 15) is 4.79 Å². The molecule has 0 radical (unpaired) electrons. The SMILES string of the molecule is O=C(CCc1nnc(-c2cccnc2)o1)NCCc1ccc(Cl)cc1Cl. The summed E-state index contributed by atoms with van der Waals surface area (Å²) >= 11 is 12.0. The molecule has 0 spiro atoms. The number of carbonyl (C=O) groups is 1. The van der Waals surface area contributed by atoms with Crippen LogP contribution in [0.25, 0.3) is 11.5 Å². The Labute approximate surface area is 160 Å². The number of benzene rings is 1. The third-order valence-electron chi connectivity index (χ3n) is 3.67. The zero-order chi connectivity index (χ0) is 18.4. The average Bonchev–Trinajstić information content (AvgIpc) is 3.12. The number of pyridine rings is 1. The van der Waals surface area contributed by atoms with Crippen LogP contribution >= 0.6 is 23.2 Å². The van der Waals surface area contributed by atoms with Crippen molar-refractivity contribution in [3.05, 3.63) is 64.2 Å². The van der Waals surface area contributed by atoms with E-state index >= 15 is 0 Å². The van der Waals surface area contributed by atoms with Crippen molar-refractivity contribution in [2.45, 2.75) is 19.3 Å². The number of hydrogen-bond donors (Lipinski definition) is 1. The first-order chi connectivity index (χ1) is 12.6. The molecule has 0 aliphatic heterocycles. The van der Waals surface area contributed by atoms with Gasteiger partial charge in [-0.05, 0) is 36.2 Å². The summed E-state index contributed by atoms with van der Waals surface area (Å²) in [6, 6.07) is 8.95. The highest BCUT2D eigenvalue weighted by atomic mass is 35.5. The number of nitrogens with one attached hydrogen (secondary N) is 1. The first kappa shape index (κ1) is 18.4. The maximum Gasteiger partial charge on any atom is 0.249 e. The number of carbonyl (C=O) groups excluding carboxylic acids is 1. The molecule has 0 unspecified atom stereocenters. The van der Waals surface area contributed by atoms with Crippen molar-refractivity contribution in [3.8, 4) is 11.5 Å². The Bertz CT molecular complexity index is 884. The number of rotatable bonds is 7. The molecule has 0 aliphatic carbocycles. The van der Waals surface area contributed by atoms with E-state index in [1.54, 1.807) is 30.6 Å². The highest BCUT2D eigenvalue weighted by Gasteiger charge is 2.10. The molecule has 3 aromatic rings. The lowest BCUT2D eigenvalue weighted by atomic mass is 10.1. The summed E-state index contributed by atoms with van der Waals surface area (Å²) in [5.74, 6) is 0.724. The molecule has 1 N–H and O–H groups in total. The monoisotopic (exact) mass is 390 g/mol. The van der Waals surface area contributed by atoms with E-state index in [-0.39, 0.29) is 12.3 Å². The number of aryl methyl sites for hydroxylation is 1. The molecule has 0 saturated heterocycles. The van der Waals surface area contributed by atoms with Crippen LogP contribution in [-0.4, -0.2) is 27.6 Å². The summed E-state index contributed by atoms with van der Waals surface area (Å²) in [5, 5.41) is 12.0. The van der Waals surface area contributed by atoms with Gasteiger partial charge in [0, 0.05) is 41.8 Å². The van der Waals surface area contributed by atoms with Crippen molar-refractivity contribution >= 4 is 29.1 Å². The normalized spacial score (nSPS) is 10.7. The summed E-state index contributed by atoms with van der Waals surface area (Å²) in [7, 11) is 0. The van der Waals surface area contributed by atoms with Gasteiger partial charge in [-0.25, -0.2) is 0 Å². The standard InChI is InChI=1S/C18H16Cl2N4O2/c19-14-4-3-12(15(20)10-14)7-9-22-16(25)5-6-17-23-24-18(26-17)13-2-1-8-21-11-13/h1-4,8,10-11H,5-7,9H2,(H,22,25). The molecule has 6 nitrogen and oxygen atoms in total. The van der Waals surface area contributed by atoms with Crippen LogP contribution in [-0.2, 0) is 17.6 Å². The second kappa shape index (κ2) is 8.78. The predicted molar refractivity (Wildman–Crippen MR) is 99.0 cm³/mol. The zero-order valence-corrected chi connectivity index (χ0v) is 15.3. The Hall–Kier alpha value is -2.44. The second-order valence-corrected chi connectivity index (χ2v) is 6.42. The van der Waals surface area contributed by atoms with Crippen molar-refractivity contribution < 1.29 is 9.21 Å². The van der Waals surface area contributed by atoms with E-state index in [1.807, 2.05) is 12.1 Å². The molecule has 3 rings (SSSR count). The summed E-state index contributed by atoms with van der Waals surface area (Å²) in [4.78, 5) is 16.0. The summed E-state index contributed by atoms with van der Waals surface area (Å²) in [6.07, 6.45) is 4.59. The minimum absolute atomic E-state index is 0.0868. The summed E-state index contributed by atoms with van der Waals surface area (Å²) in [5.41, 5.74) is 1.69. The molecule has 2 aromatic heterocycles. The molecule has 0 atom stereocenters. The summed E-state index contributed by atoms with van der Waals surface area (Å²) < 4.78 is 5.55. The van der Waals surface area contributed by atoms with Gasteiger partial charge in [-0.1, -0.05) is 29.3 Å². The quantitative estimate of drug-likeness (QED) is 0.664. The average molecular weight is 391 g/mol. The van der Waals surface area contributed by atoms with Crippen LogP contribution in [0.5, 0.6) is 0 Å².